The number of aromatic nitrogens is 1. The Kier molecular flexibility index (Phi) is 6.84. The number of amides is 1. The maximum atomic E-state index is 12.1. The molecule has 0 saturated carbocycles. The molecule has 0 unspecified atom stereocenters. The number of hydrogen-bond donors (Lipinski definition) is 1. The SMILES string of the molecule is CCN(CC)Cc1csc(CNC(=O)c2ccc(Cl)c(Cl)c2)n1. The topological polar surface area (TPSA) is 45.2 Å². The number of nitrogens with zero attached hydrogens (tertiary/aromatic N) is 2. The van der Waals surface area contributed by atoms with Crippen molar-refractivity contribution < 1.29 is 4.79 Å². The van der Waals surface area contributed by atoms with Crippen molar-refractivity contribution in [2.24, 2.45) is 0 Å². The fourth-order valence-electron chi connectivity index (χ4n) is 2.07. The summed E-state index contributed by atoms with van der Waals surface area (Å²) in [5.74, 6) is -0.191. The normalized spacial score (nSPS) is 11.0. The summed E-state index contributed by atoms with van der Waals surface area (Å²) in [6.07, 6.45) is 0. The molecule has 2 aromatic rings. The van der Waals surface area contributed by atoms with Gasteiger partial charge in [0, 0.05) is 17.5 Å². The van der Waals surface area contributed by atoms with Crippen molar-refractivity contribution in [2.45, 2.75) is 26.9 Å². The van der Waals surface area contributed by atoms with Crippen LogP contribution in [0.15, 0.2) is 23.6 Å². The zero-order valence-corrected chi connectivity index (χ0v) is 15.4. The van der Waals surface area contributed by atoms with Gasteiger partial charge in [-0.05, 0) is 31.3 Å². The third kappa shape index (κ3) is 5.18. The van der Waals surface area contributed by atoms with Gasteiger partial charge in [-0.1, -0.05) is 37.0 Å². The third-order valence-corrected chi connectivity index (χ3v) is 5.10. The number of thiazole rings is 1. The Morgan fingerprint density at radius 3 is 2.65 bits per heavy atom. The molecular weight excluding hydrogens is 353 g/mol. The second kappa shape index (κ2) is 8.64. The average molecular weight is 372 g/mol. The van der Waals surface area contributed by atoms with E-state index < -0.39 is 0 Å². The zero-order chi connectivity index (χ0) is 16.8. The summed E-state index contributed by atoms with van der Waals surface area (Å²) in [6, 6.07) is 4.83. The van der Waals surface area contributed by atoms with Gasteiger partial charge in [0.15, 0.2) is 0 Å². The van der Waals surface area contributed by atoms with Crippen LogP contribution in [0.25, 0.3) is 0 Å². The molecule has 124 valence electrons. The standard InChI is InChI=1S/C16H19Cl2N3OS/c1-3-21(4-2)9-12-10-23-15(20-12)8-19-16(22)11-5-6-13(17)14(18)7-11/h5-7,10H,3-4,8-9H2,1-2H3,(H,19,22). The first-order chi connectivity index (χ1) is 11.0. The summed E-state index contributed by atoms with van der Waals surface area (Å²) in [7, 11) is 0. The molecule has 1 heterocycles. The van der Waals surface area contributed by atoms with Crippen molar-refractivity contribution in [3.05, 3.63) is 49.9 Å². The predicted molar refractivity (Wildman–Crippen MR) is 96.4 cm³/mol. The van der Waals surface area contributed by atoms with E-state index in [1.165, 1.54) is 0 Å². The molecule has 1 aromatic carbocycles. The fourth-order valence-corrected chi connectivity index (χ4v) is 3.10. The van der Waals surface area contributed by atoms with E-state index in [0.717, 1.165) is 30.3 Å². The van der Waals surface area contributed by atoms with Gasteiger partial charge < -0.3 is 5.32 Å². The Balaban J connectivity index is 1.91. The predicted octanol–water partition coefficient (Wildman–Crippen LogP) is 4.22. The number of halogens is 2. The second-order valence-corrected chi connectivity index (χ2v) is 6.76. The van der Waals surface area contributed by atoms with E-state index in [1.807, 2.05) is 5.38 Å². The zero-order valence-electron chi connectivity index (χ0n) is 13.1. The Hall–Kier alpha value is -1.14. The molecule has 0 aliphatic rings. The molecule has 2 rings (SSSR count). The number of carbonyl (C=O) groups excluding carboxylic acids is 1. The smallest absolute Gasteiger partial charge is 0.251 e. The van der Waals surface area contributed by atoms with Crippen LogP contribution in [0, 0.1) is 0 Å². The minimum absolute atomic E-state index is 0.191. The van der Waals surface area contributed by atoms with E-state index in [1.54, 1.807) is 29.5 Å². The molecule has 0 saturated heterocycles. The van der Waals surface area contributed by atoms with E-state index in [9.17, 15) is 4.79 Å². The Morgan fingerprint density at radius 1 is 1.26 bits per heavy atom. The van der Waals surface area contributed by atoms with Crippen molar-refractivity contribution in [2.75, 3.05) is 13.1 Å². The number of benzene rings is 1. The molecular formula is C16H19Cl2N3OS. The molecule has 0 atom stereocenters. The summed E-state index contributed by atoms with van der Waals surface area (Å²) in [5.41, 5.74) is 1.52. The van der Waals surface area contributed by atoms with Gasteiger partial charge in [-0.15, -0.1) is 11.3 Å². The molecule has 0 radical (unpaired) electrons. The molecule has 1 N–H and O–H groups in total. The fraction of sp³-hybridized carbons (Fsp3) is 0.375. The summed E-state index contributed by atoms with van der Waals surface area (Å²) < 4.78 is 0. The largest absolute Gasteiger partial charge is 0.346 e. The summed E-state index contributed by atoms with van der Waals surface area (Å²) >= 11 is 13.3. The number of hydrogen-bond acceptors (Lipinski definition) is 4. The summed E-state index contributed by atoms with van der Waals surface area (Å²) in [4.78, 5) is 19.0. The van der Waals surface area contributed by atoms with Crippen molar-refractivity contribution in [1.82, 2.24) is 15.2 Å². The third-order valence-electron chi connectivity index (χ3n) is 3.46. The first-order valence-electron chi connectivity index (χ1n) is 7.42. The lowest BCUT2D eigenvalue weighted by Gasteiger charge is -2.15. The van der Waals surface area contributed by atoms with Crippen LogP contribution >= 0.6 is 34.5 Å². The van der Waals surface area contributed by atoms with Crippen LogP contribution in [0.5, 0.6) is 0 Å². The molecule has 0 aliphatic heterocycles. The van der Waals surface area contributed by atoms with Gasteiger partial charge >= 0.3 is 0 Å². The Bertz CT molecular complexity index is 671. The first-order valence-corrected chi connectivity index (χ1v) is 9.05. The summed E-state index contributed by atoms with van der Waals surface area (Å²) in [6.45, 7) is 7.50. The first kappa shape index (κ1) is 18.2. The molecule has 0 spiro atoms. The molecule has 1 aromatic heterocycles. The highest BCUT2D eigenvalue weighted by Gasteiger charge is 2.10. The van der Waals surface area contributed by atoms with E-state index in [0.29, 0.717) is 22.2 Å². The lowest BCUT2D eigenvalue weighted by molar-refractivity contribution is 0.0951. The van der Waals surface area contributed by atoms with Crippen LogP contribution in [0.3, 0.4) is 0 Å². The van der Waals surface area contributed by atoms with Crippen LogP contribution in [0.2, 0.25) is 10.0 Å². The van der Waals surface area contributed by atoms with Gasteiger partial charge in [-0.2, -0.15) is 0 Å². The van der Waals surface area contributed by atoms with Crippen molar-refractivity contribution >= 4 is 40.4 Å². The maximum Gasteiger partial charge on any atom is 0.251 e. The van der Waals surface area contributed by atoms with Crippen LogP contribution in [-0.2, 0) is 13.1 Å². The van der Waals surface area contributed by atoms with Crippen LogP contribution in [-0.4, -0.2) is 28.9 Å². The van der Waals surface area contributed by atoms with Crippen LogP contribution in [0.1, 0.15) is 34.9 Å². The lowest BCUT2D eigenvalue weighted by atomic mass is 10.2. The van der Waals surface area contributed by atoms with Gasteiger partial charge in [0.05, 0.1) is 22.3 Å². The molecule has 0 bridgehead atoms. The quantitative estimate of drug-likeness (QED) is 0.792. The highest BCUT2D eigenvalue weighted by molar-refractivity contribution is 7.09. The van der Waals surface area contributed by atoms with E-state index in [2.05, 4.69) is 29.0 Å². The highest BCUT2D eigenvalue weighted by atomic mass is 35.5. The van der Waals surface area contributed by atoms with Gasteiger partial charge in [-0.25, -0.2) is 4.98 Å². The number of nitrogens with one attached hydrogen (secondary N) is 1. The molecule has 7 heteroatoms. The Morgan fingerprint density at radius 2 is 2.00 bits per heavy atom. The Labute approximate surface area is 150 Å². The monoisotopic (exact) mass is 371 g/mol. The lowest BCUT2D eigenvalue weighted by Crippen LogP contribution is -2.23. The maximum absolute atomic E-state index is 12.1. The average Bonchev–Trinajstić information content (AvgIpc) is 3.00. The van der Waals surface area contributed by atoms with Gasteiger partial charge in [-0.3, -0.25) is 9.69 Å². The number of rotatable bonds is 7. The summed E-state index contributed by atoms with van der Waals surface area (Å²) in [5, 5.41) is 6.59. The van der Waals surface area contributed by atoms with E-state index >= 15 is 0 Å². The highest BCUT2D eigenvalue weighted by Crippen LogP contribution is 2.22. The molecule has 1 amide bonds. The minimum atomic E-state index is -0.191. The van der Waals surface area contributed by atoms with E-state index in [-0.39, 0.29) is 5.91 Å². The van der Waals surface area contributed by atoms with E-state index in [4.69, 9.17) is 23.2 Å². The molecule has 23 heavy (non-hydrogen) atoms. The molecule has 4 nitrogen and oxygen atoms in total. The minimum Gasteiger partial charge on any atom is -0.346 e. The van der Waals surface area contributed by atoms with Crippen LogP contribution < -0.4 is 5.32 Å². The van der Waals surface area contributed by atoms with Crippen molar-refractivity contribution in [1.29, 1.82) is 0 Å². The number of carbonyl (C=O) groups is 1. The molecule has 0 aliphatic carbocycles. The molecule has 0 fully saturated rings. The second-order valence-electron chi connectivity index (χ2n) is 5.01. The van der Waals surface area contributed by atoms with Crippen LogP contribution in [0.4, 0.5) is 0 Å². The van der Waals surface area contributed by atoms with Gasteiger partial charge in [0.2, 0.25) is 0 Å². The van der Waals surface area contributed by atoms with Gasteiger partial charge in [0.1, 0.15) is 5.01 Å². The van der Waals surface area contributed by atoms with Crippen molar-refractivity contribution in [3.63, 3.8) is 0 Å². The van der Waals surface area contributed by atoms with Gasteiger partial charge in [0.25, 0.3) is 5.91 Å². The van der Waals surface area contributed by atoms with Crippen molar-refractivity contribution in [3.8, 4) is 0 Å².